The molecule has 0 radical (unpaired) electrons. The molecule has 0 fully saturated rings. The lowest BCUT2D eigenvalue weighted by Gasteiger charge is -2.11. The van der Waals surface area contributed by atoms with Crippen LogP contribution in [0.1, 0.15) is 11.1 Å². The van der Waals surface area contributed by atoms with E-state index in [2.05, 4.69) is 22.3 Å². The molecule has 0 aliphatic heterocycles. The van der Waals surface area contributed by atoms with Gasteiger partial charge in [-0.2, -0.15) is 0 Å². The molecule has 0 saturated carbocycles. The van der Waals surface area contributed by atoms with Crippen molar-refractivity contribution in [1.82, 2.24) is 4.90 Å². The maximum absolute atomic E-state index is 13.2. The molecule has 0 saturated heterocycles. The Labute approximate surface area is 118 Å². The molecule has 0 bridgehead atoms. The van der Waals surface area contributed by atoms with Crippen LogP contribution in [0.15, 0.2) is 42.5 Å². The summed E-state index contributed by atoms with van der Waals surface area (Å²) in [5.74, 6) is -0.910. The standard InChI is InChI=1S/C16H19FN2O/c1-19(2)11-12-3-6-14(7-4-12)18-10-13-5-8-16(20)15(17)9-13/h3-9,18,20H,10-11H2,1-2H3. The van der Waals surface area contributed by atoms with E-state index in [0.717, 1.165) is 17.8 Å². The Morgan fingerprint density at radius 3 is 2.30 bits per heavy atom. The highest BCUT2D eigenvalue weighted by molar-refractivity contribution is 5.45. The molecule has 2 aromatic rings. The molecule has 20 heavy (non-hydrogen) atoms. The molecule has 0 aromatic heterocycles. The summed E-state index contributed by atoms with van der Waals surface area (Å²) in [6.07, 6.45) is 0. The Bertz CT molecular complexity index is 567. The minimum atomic E-state index is -0.592. The van der Waals surface area contributed by atoms with Gasteiger partial charge in [0.15, 0.2) is 11.6 Å². The van der Waals surface area contributed by atoms with Crippen LogP contribution in [0.5, 0.6) is 5.75 Å². The van der Waals surface area contributed by atoms with Crippen molar-refractivity contribution in [2.24, 2.45) is 0 Å². The van der Waals surface area contributed by atoms with E-state index in [1.54, 1.807) is 6.07 Å². The number of phenols is 1. The van der Waals surface area contributed by atoms with Gasteiger partial charge in [0.1, 0.15) is 0 Å². The molecular weight excluding hydrogens is 255 g/mol. The van der Waals surface area contributed by atoms with Gasteiger partial charge in [-0.3, -0.25) is 0 Å². The molecule has 0 spiro atoms. The summed E-state index contributed by atoms with van der Waals surface area (Å²) in [6, 6.07) is 12.6. The highest BCUT2D eigenvalue weighted by atomic mass is 19.1. The van der Waals surface area contributed by atoms with Crippen LogP contribution in [0.2, 0.25) is 0 Å². The lowest BCUT2D eigenvalue weighted by atomic mass is 10.1. The molecule has 2 aromatic carbocycles. The van der Waals surface area contributed by atoms with E-state index in [1.165, 1.54) is 17.7 Å². The van der Waals surface area contributed by atoms with Gasteiger partial charge in [-0.15, -0.1) is 0 Å². The summed E-state index contributed by atoms with van der Waals surface area (Å²) in [6.45, 7) is 1.42. The minimum absolute atomic E-state index is 0.318. The molecule has 0 atom stereocenters. The lowest BCUT2D eigenvalue weighted by molar-refractivity contribution is 0.402. The highest BCUT2D eigenvalue weighted by Crippen LogP contribution is 2.17. The highest BCUT2D eigenvalue weighted by Gasteiger charge is 2.02. The van der Waals surface area contributed by atoms with Crippen LogP contribution in [0, 0.1) is 5.82 Å². The third-order valence-electron chi connectivity index (χ3n) is 2.96. The van der Waals surface area contributed by atoms with E-state index in [4.69, 9.17) is 5.11 Å². The first-order chi connectivity index (χ1) is 9.54. The van der Waals surface area contributed by atoms with E-state index >= 15 is 0 Å². The van der Waals surface area contributed by atoms with Crippen LogP contribution in [0.25, 0.3) is 0 Å². The molecule has 3 nitrogen and oxygen atoms in total. The molecule has 2 rings (SSSR count). The Morgan fingerprint density at radius 2 is 1.70 bits per heavy atom. The van der Waals surface area contributed by atoms with Crippen LogP contribution in [-0.2, 0) is 13.1 Å². The summed E-state index contributed by atoms with van der Waals surface area (Å²) in [7, 11) is 4.07. The predicted octanol–water partition coefficient (Wildman–Crippen LogP) is 3.21. The average Bonchev–Trinajstić information content (AvgIpc) is 2.41. The van der Waals surface area contributed by atoms with Gasteiger partial charge in [0.05, 0.1) is 0 Å². The van der Waals surface area contributed by atoms with E-state index in [9.17, 15) is 4.39 Å². The second kappa shape index (κ2) is 6.39. The van der Waals surface area contributed by atoms with Gasteiger partial charge >= 0.3 is 0 Å². The van der Waals surface area contributed by atoms with Crippen molar-refractivity contribution in [3.63, 3.8) is 0 Å². The minimum Gasteiger partial charge on any atom is -0.505 e. The van der Waals surface area contributed by atoms with Crippen molar-refractivity contribution < 1.29 is 9.50 Å². The van der Waals surface area contributed by atoms with Gasteiger partial charge in [-0.05, 0) is 49.5 Å². The fourth-order valence-electron chi connectivity index (χ4n) is 1.96. The number of nitrogens with zero attached hydrogens (tertiary/aromatic N) is 1. The van der Waals surface area contributed by atoms with E-state index in [1.807, 2.05) is 26.2 Å². The summed E-state index contributed by atoms with van der Waals surface area (Å²) in [5, 5.41) is 12.4. The number of phenolic OH excluding ortho intramolecular Hbond substituents is 1. The quantitative estimate of drug-likeness (QED) is 0.879. The molecule has 2 N–H and O–H groups in total. The van der Waals surface area contributed by atoms with Crippen LogP contribution in [0.3, 0.4) is 0 Å². The number of nitrogens with one attached hydrogen (secondary N) is 1. The maximum atomic E-state index is 13.2. The maximum Gasteiger partial charge on any atom is 0.165 e. The molecule has 4 heteroatoms. The average molecular weight is 274 g/mol. The number of aromatic hydroxyl groups is 1. The van der Waals surface area contributed by atoms with Gasteiger partial charge in [-0.25, -0.2) is 4.39 Å². The molecular formula is C16H19FN2O. The first-order valence-corrected chi connectivity index (χ1v) is 6.49. The fraction of sp³-hybridized carbons (Fsp3) is 0.250. The van der Waals surface area contributed by atoms with Crippen LogP contribution >= 0.6 is 0 Å². The summed E-state index contributed by atoms with van der Waals surface area (Å²) < 4.78 is 13.2. The van der Waals surface area contributed by atoms with E-state index in [-0.39, 0.29) is 5.75 Å². The number of rotatable bonds is 5. The zero-order valence-electron chi connectivity index (χ0n) is 11.7. The van der Waals surface area contributed by atoms with Gasteiger partial charge in [0.25, 0.3) is 0 Å². The van der Waals surface area contributed by atoms with Gasteiger partial charge in [0.2, 0.25) is 0 Å². The molecule has 0 heterocycles. The largest absolute Gasteiger partial charge is 0.505 e. The second-order valence-corrected chi connectivity index (χ2v) is 5.07. The number of halogens is 1. The van der Waals surface area contributed by atoms with Crippen molar-refractivity contribution in [2.75, 3.05) is 19.4 Å². The van der Waals surface area contributed by atoms with Crippen molar-refractivity contribution in [2.45, 2.75) is 13.1 Å². The first kappa shape index (κ1) is 14.3. The van der Waals surface area contributed by atoms with Crippen LogP contribution < -0.4 is 5.32 Å². The number of benzene rings is 2. The Hall–Kier alpha value is -2.07. The molecule has 0 aliphatic carbocycles. The van der Waals surface area contributed by atoms with Gasteiger partial charge in [-0.1, -0.05) is 18.2 Å². The predicted molar refractivity (Wildman–Crippen MR) is 79.2 cm³/mol. The van der Waals surface area contributed by atoms with E-state index in [0.29, 0.717) is 6.54 Å². The zero-order valence-corrected chi connectivity index (χ0v) is 11.7. The third kappa shape index (κ3) is 3.96. The van der Waals surface area contributed by atoms with Crippen molar-refractivity contribution in [1.29, 1.82) is 0 Å². The van der Waals surface area contributed by atoms with Crippen molar-refractivity contribution in [3.05, 3.63) is 59.4 Å². The summed E-state index contributed by atoms with van der Waals surface area (Å²) >= 11 is 0. The smallest absolute Gasteiger partial charge is 0.165 e. The molecule has 0 amide bonds. The second-order valence-electron chi connectivity index (χ2n) is 5.07. The number of hydrogen-bond acceptors (Lipinski definition) is 3. The molecule has 106 valence electrons. The van der Waals surface area contributed by atoms with Gasteiger partial charge < -0.3 is 15.3 Å². The topological polar surface area (TPSA) is 35.5 Å². The van der Waals surface area contributed by atoms with Crippen molar-refractivity contribution >= 4 is 5.69 Å². The molecule has 0 aliphatic rings. The summed E-state index contributed by atoms with van der Waals surface area (Å²) in [5.41, 5.74) is 3.02. The molecule has 0 unspecified atom stereocenters. The lowest BCUT2D eigenvalue weighted by Crippen LogP contribution is -2.10. The first-order valence-electron chi connectivity index (χ1n) is 6.49. The SMILES string of the molecule is CN(C)Cc1ccc(NCc2ccc(O)c(F)c2)cc1. The fourth-order valence-corrected chi connectivity index (χ4v) is 1.96. The van der Waals surface area contributed by atoms with Crippen LogP contribution in [-0.4, -0.2) is 24.1 Å². The Balaban J connectivity index is 1.95. The Kier molecular flexibility index (Phi) is 4.58. The zero-order chi connectivity index (χ0) is 14.5. The normalized spacial score (nSPS) is 10.8. The van der Waals surface area contributed by atoms with Crippen LogP contribution in [0.4, 0.5) is 10.1 Å². The Morgan fingerprint density at radius 1 is 1.05 bits per heavy atom. The third-order valence-corrected chi connectivity index (χ3v) is 2.96. The monoisotopic (exact) mass is 274 g/mol. The number of anilines is 1. The van der Waals surface area contributed by atoms with Crippen molar-refractivity contribution in [3.8, 4) is 5.75 Å². The van der Waals surface area contributed by atoms with Gasteiger partial charge in [0, 0.05) is 18.8 Å². The summed E-state index contributed by atoms with van der Waals surface area (Å²) in [4.78, 5) is 2.11. The number of hydrogen-bond donors (Lipinski definition) is 2. The van der Waals surface area contributed by atoms with E-state index < -0.39 is 5.82 Å².